The van der Waals surface area contributed by atoms with Crippen LogP contribution in [0.4, 0.5) is 0 Å². The van der Waals surface area contributed by atoms with Gasteiger partial charge in [-0.15, -0.1) is 0 Å². The van der Waals surface area contributed by atoms with Crippen LogP contribution in [0.1, 0.15) is 23.2 Å². The van der Waals surface area contributed by atoms with Crippen molar-refractivity contribution < 1.29 is 14.6 Å². The SMILES string of the molecule is COc1nc(CN2CCC(C(=O)O)(c3ccccc3)C2)ccc1C. The number of carboxylic acid groups (broad SMARTS) is 1. The van der Waals surface area contributed by atoms with Crippen molar-refractivity contribution in [3.63, 3.8) is 0 Å². The Labute approximate surface area is 141 Å². The van der Waals surface area contributed by atoms with Crippen molar-refractivity contribution in [3.8, 4) is 5.88 Å². The zero-order valence-electron chi connectivity index (χ0n) is 14.0. The van der Waals surface area contributed by atoms with Crippen LogP contribution in [0.5, 0.6) is 5.88 Å². The van der Waals surface area contributed by atoms with Crippen LogP contribution in [0.15, 0.2) is 42.5 Å². The molecular formula is C19H22N2O3. The van der Waals surface area contributed by atoms with Gasteiger partial charge in [0.05, 0.1) is 12.8 Å². The molecule has 0 saturated carbocycles. The topological polar surface area (TPSA) is 62.7 Å². The van der Waals surface area contributed by atoms with Crippen LogP contribution < -0.4 is 4.74 Å². The van der Waals surface area contributed by atoms with E-state index in [1.54, 1.807) is 7.11 Å². The standard InChI is InChI=1S/C19H22N2O3/c1-14-8-9-16(20-17(14)24-2)12-21-11-10-19(13-21,18(22)23)15-6-4-3-5-7-15/h3-9H,10-13H2,1-2H3,(H,22,23). The number of aliphatic carboxylic acids is 1. The van der Waals surface area contributed by atoms with E-state index in [1.165, 1.54) is 0 Å². The molecule has 0 radical (unpaired) electrons. The van der Waals surface area contributed by atoms with Crippen LogP contribution in [0.25, 0.3) is 0 Å². The summed E-state index contributed by atoms with van der Waals surface area (Å²) in [5, 5.41) is 9.86. The van der Waals surface area contributed by atoms with E-state index in [0.29, 0.717) is 25.4 Å². The monoisotopic (exact) mass is 326 g/mol. The number of carboxylic acids is 1. The van der Waals surface area contributed by atoms with Gasteiger partial charge in [-0.25, -0.2) is 4.98 Å². The van der Waals surface area contributed by atoms with Gasteiger partial charge in [-0.1, -0.05) is 36.4 Å². The highest BCUT2D eigenvalue weighted by molar-refractivity contribution is 5.82. The number of hydrogen-bond acceptors (Lipinski definition) is 4. The molecule has 5 nitrogen and oxygen atoms in total. The van der Waals surface area contributed by atoms with Gasteiger partial charge in [0.15, 0.2) is 0 Å². The van der Waals surface area contributed by atoms with Gasteiger partial charge in [-0.2, -0.15) is 0 Å². The van der Waals surface area contributed by atoms with E-state index in [4.69, 9.17) is 4.74 Å². The smallest absolute Gasteiger partial charge is 0.315 e. The second-order valence-corrected chi connectivity index (χ2v) is 6.34. The van der Waals surface area contributed by atoms with Crippen molar-refractivity contribution in [2.24, 2.45) is 0 Å². The summed E-state index contributed by atoms with van der Waals surface area (Å²) < 4.78 is 5.27. The Morgan fingerprint density at radius 3 is 2.71 bits per heavy atom. The summed E-state index contributed by atoms with van der Waals surface area (Å²) in [6.07, 6.45) is 0.606. The van der Waals surface area contributed by atoms with Crippen LogP contribution in [0.3, 0.4) is 0 Å². The Morgan fingerprint density at radius 2 is 2.04 bits per heavy atom. The average molecular weight is 326 g/mol. The van der Waals surface area contributed by atoms with Gasteiger partial charge in [0.1, 0.15) is 5.41 Å². The number of hydrogen-bond donors (Lipinski definition) is 1. The van der Waals surface area contributed by atoms with E-state index in [2.05, 4.69) is 9.88 Å². The molecule has 1 aliphatic rings. The van der Waals surface area contributed by atoms with E-state index in [0.717, 1.165) is 23.4 Å². The summed E-state index contributed by atoms with van der Waals surface area (Å²) in [7, 11) is 1.61. The number of carbonyl (C=O) groups is 1. The molecule has 0 bridgehead atoms. The molecule has 1 aromatic carbocycles. The van der Waals surface area contributed by atoms with Gasteiger partial charge in [0, 0.05) is 25.2 Å². The first-order chi connectivity index (χ1) is 11.5. The van der Waals surface area contributed by atoms with E-state index in [9.17, 15) is 9.90 Å². The molecule has 0 spiro atoms. The van der Waals surface area contributed by atoms with E-state index >= 15 is 0 Å². The summed E-state index contributed by atoms with van der Waals surface area (Å²) in [6, 6.07) is 13.5. The van der Waals surface area contributed by atoms with Gasteiger partial charge in [-0.05, 0) is 25.0 Å². The number of nitrogens with zero attached hydrogens (tertiary/aromatic N) is 2. The van der Waals surface area contributed by atoms with Gasteiger partial charge in [0.25, 0.3) is 0 Å². The molecule has 1 unspecified atom stereocenters. The second kappa shape index (κ2) is 6.61. The van der Waals surface area contributed by atoms with Gasteiger partial charge in [0.2, 0.25) is 5.88 Å². The Morgan fingerprint density at radius 1 is 1.29 bits per heavy atom. The lowest BCUT2D eigenvalue weighted by Crippen LogP contribution is -2.38. The first-order valence-corrected chi connectivity index (χ1v) is 8.07. The highest BCUT2D eigenvalue weighted by atomic mass is 16.5. The molecule has 126 valence electrons. The molecule has 5 heteroatoms. The van der Waals surface area contributed by atoms with Crippen LogP contribution in [0, 0.1) is 6.92 Å². The lowest BCUT2D eigenvalue weighted by Gasteiger charge is -2.25. The number of aryl methyl sites for hydroxylation is 1. The minimum atomic E-state index is -0.837. The van der Waals surface area contributed by atoms with E-state index in [1.807, 2.05) is 49.4 Å². The molecule has 1 fully saturated rings. The van der Waals surface area contributed by atoms with Crippen molar-refractivity contribution in [2.75, 3.05) is 20.2 Å². The summed E-state index contributed by atoms with van der Waals surface area (Å²) in [5.41, 5.74) is 1.92. The average Bonchev–Trinajstić information content (AvgIpc) is 3.03. The molecule has 3 rings (SSSR count). The Hall–Kier alpha value is -2.40. The summed E-state index contributed by atoms with van der Waals surface area (Å²) in [4.78, 5) is 18.7. The molecule has 2 heterocycles. The van der Waals surface area contributed by atoms with Crippen molar-refractivity contribution in [1.82, 2.24) is 9.88 Å². The largest absolute Gasteiger partial charge is 0.481 e. The summed E-state index contributed by atoms with van der Waals surface area (Å²) in [5.74, 6) is -0.134. The maximum absolute atomic E-state index is 12.0. The van der Waals surface area contributed by atoms with Gasteiger partial charge < -0.3 is 9.84 Å². The lowest BCUT2D eigenvalue weighted by molar-refractivity contribution is -0.143. The zero-order chi connectivity index (χ0) is 17.2. The first kappa shape index (κ1) is 16.5. The molecule has 0 amide bonds. The van der Waals surface area contributed by atoms with E-state index in [-0.39, 0.29) is 0 Å². The number of aromatic nitrogens is 1. The maximum Gasteiger partial charge on any atom is 0.315 e. The maximum atomic E-state index is 12.0. The number of rotatable bonds is 5. The fraction of sp³-hybridized carbons (Fsp3) is 0.368. The van der Waals surface area contributed by atoms with Crippen molar-refractivity contribution in [3.05, 3.63) is 59.3 Å². The van der Waals surface area contributed by atoms with Gasteiger partial charge in [-0.3, -0.25) is 9.69 Å². The van der Waals surface area contributed by atoms with Crippen LogP contribution in [0.2, 0.25) is 0 Å². The normalized spacial score (nSPS) is 20.9. The van der Waals surface area contributed by atoms with Crippen molar-refractivity contribution >= 4 is 5.97 Å². The number of pyridine rings is 1. The third-order valence-corrected chi connectivity index (χ3v) is 4.77. The number of methoxy groups -OCH3 is 1. The molecule has 1 atom stereocenters. The molecule has 1 N–H and O–H groups in total. The van der Waals surface area contributed by atoms with Crippen LogP contribution in [-0.4, -0.2) is 41.2 Å². The molecular weight excluding hydrogens is 304 g/mol. The molecule has 1 aliphatic heterocycles. The van der Waals surface area contributed by atoms with Crippen LogP contribution in [-0.2, 0) is 16.8 Å². The first-order valence-electron chi connectivity index (χ1n) is 8.07. The minimum absolute atomic E-state index is 0.490. The fourth-order valence-electron chi connectivity index (χ4n) is 3.39. The Balaban J connectivity index is 1.80. The second-order valence-electron chi connectivity index (χ2n) is 6.34. The quantitative estimate of drug-likeness (QED) is 0.915. The molecule has 1 aromatic heterocycles. The Kier molecular flexibility index (Phi) is 4.53. The van der Waals surface area contributed by atoms with Crippen LogP contribution >= 0.6 is 0 Å². The molecule has 1 saturated heterocycles. The van der Waals surface area contributed by atoms with Gasteiger partial charge >= 0.3 is 5.97 Å². The van der Waals surface area contributed by atoms with Crippen molar-refractivity contribution in [1.29, 1.82) is 0 Å². The third-order valence-electron chi connectivity index (χ3n) is 4.77. The molecule has 24 heavy (non-hydrogen) atoms. The van der Waals surface area contributed by atoms with E-state index < -0.39 is 11.4 Å². The predicted molar refractivity (Wildman–Crippen MR) is 91.2 cm³/mol. The predicted octanol–water partition coefficient (Wildman–Crippen LogP) is 2.63. The van der Waals surface area contributed by atoms with Crippen molar-refractivity contribution in [2.45, 2.75) is 25.3 Å². The Bertz CT molecular complexity index is 733. The fourth-order valence-corrected chi connectivity index (χ4v) is 3.39. The summed E-state index contributed by atoms with van der Waals surface area (Å²) in [6.45, 7) is 3.80. The lowest BCUT2D eigenvalue weighted by atomic mass is 9.80. The molecule has 0 aliphatic carbocycles. The highest BCUT2D eigenvalue weighted by Crippen LogP contribution is 2.35. The highest BCUT2D eigenvalue weighted by Gasteiger charge is 2.46. The minimum Gasteiger partial charge on any atom is -0.481 e. The third kappa shape index (κ3) is 2.99. The summed E-state index contributed by atoms with van der Waals surface area (Å²) >= 11 is 0. The number of benzene rings is 1. The number of likely N-dealkylation sites (tertiary alicyclic amines) is 1. The molecule has 2 aromatic rings. The number of ether oxygens (including phenoxy) is 1. The zero-order valence-corrected chi connectivity index (χ0v) is 14.0.